The van der Waals surface area contributed by atoms with Crippen LogP contribution in [0.5, 0.6) is 5.75 Å². The fourth-order valence-electron chi connectivity index (χ4n) is 3.11. The summed E-state index contributed by atoms with van der Waals surface area (Å²) >= 11 is 0. The van der Waals surface area contributed by atoms with Crippen LogP contribution in [0.25, 0.3) is 0 Å². The Bertz CT molecular complexity index is 701. The number of hydrogen-bond acceptors (Lipinski definition) is 3. The number of quaternary nitrogens is 1. The predicted octanol–water partition coefficient (Wildman–Crippen LogP) is 2.18. The molecule has 0 aliphatic carbocycles. The van der Waals surface area contributed by atoms with Crippen molar-refractivity contribution < 1.29 is 10.0 Å². The number of phenols is 1. The molecule has 0 unspecified atom stereocenters. The molecule has 2 N–H and O–H groups in total. The molecular formula is C20H26N3O+. The fraction of sp³-hybridized carbons (Fsp3) is 0.350. The monoisotopic (exact) mass is 324 g/mol. The van der Waals surface area contributed by atoms with E-state index >= 15 is 0 Å². The Labute approximate surface area is 144 Å². The van der Waals surface area contributed by atoms with Crippen molar-refractivity contribution in [3.63, 3.8) is 0 Å². The molecule has 2 aromatic rings. The van der Waals surface area contributed by atoms with Gasteiger partial charge < -0.3 is 14.9 Å². The Morgan fingerprint density at radius 2 is 1.83 bits per heavy atom. The molecule has 1 saturated heterocycles. The van der Waals surface area contributed by atoms with Crippen LogP contribution in [0.2, 0.25) is 0 Å². The van der Waals surface area contributed by atoms with E-state index in [4.69, 9.17) is 0 Å². The number of nitrogens with zero attached hydrogens (tertiary/aromatic N) is 2. The molecule has 1 fully saturated rings. The average molecular weight is 324 g/mol. The van der Waals surface area contributed by atoms with Crippen molar-refractivity contribution >= 4 is 17.6 Å². The molecule has 1 heterocycles. The van der Waals surface area contributed by atoms with Crippen LogP contribution in [-0.2, 0) is 0 Å². The number of aryl methyl sites for hydroxylation is 1. The van der Waals surface area contributed by atoms with E-state index in [1.165, 1.54) is 25.3 Å². The Morgan fingerprint density at radius 3 is 2.50 bits per heavy atom. The number of phenolic OH excluding ortho intramolecular Hbond substituents is 1. The summed E-state index contributed by atoms with van der Waals surface area (Å²) in [5, 5.41) is 10.0. The van der Waals surface area contributed by atoms with Gasteiger partial charge >= 0.3 is 0 Å². The van der Waals surface area contributed by atoms with E-state index in [9.17, 15) is 5.11 Å². The van der Waals surface area contributed by atoms with Crippen molar-refractivity contribution in [2.75, 3.05) is 37.6 Å². The summed E-state index contributed by atoms with van der Waals surface area (Å²) in [5.41, 5.74) is 3.78. The lowest BCUT2D eigenvalue weighted by molar-refractivity contribution is -0.898. The summed E-state index contributed by atoms with van der Waals surface area (Å²) in [5.74, 6) is 0.300. The highest BCUT2D eigenvalue weighted by Gasteiger charge is 2.18. The van der Waals surface area contributed by atoms with Gasteiger partial charge in [-0.2, -0.15) is 0 Å². The van der Waals surface area contributed by atoms with Crippen LogP contribution < -0.4 is 9.80 Å². The second-order valence-electron chi connectivity index (χ2n) is 6.38. The highest BCUT2D eigenvalue weighted by atomic mass is 16.3. The van der Waals surface area contributed by atoms with Crippen LogP contribution >= 0.6 is 0 Å². The molecular weight excluding hydrogens is 298 g/mol. The fourth-order valence-corrected chi connectivity index (χ4v) is 3.11. The molecule has 0 bridgehead atoms. The van der Waals surface area contributed by atoms with E-state index in [1.54, 1.807) is 11.1 Å². The van der Waals surface area contributed by atoms with Gasteiger partial charge in [0.25, 0.3) is 0 Å². The molecule has 0 radical (unpaired) electrons. The minimum atomic E-state index is 0.300. The van der Waals surface area contributed by atoms with Crippen molar-refractivity contribution in [1.29, 1.82) is 0 Å². The number of aromatic hydroxyl groups is 1. The maximum Gasteiger partial charge on any atom is 0.127 e. The number of aliphatic imine (C=N–C) groups is 1. The van der Waals surface area contributed by atoms with Gasteiger partial charge in [-0.25, -0.2) is 0 Å². The van der Waals surface area contributed by atoms with E-state index in [-0.39, 0.29) is 0 Å². The van der Waals surface area contributed by atoms with Crippen LogP contribution in [0.15, 0.2) is 47.5 Å². The summed E-state index contributed by atoms with van der Waals surface area (Å²) in [4.78, 5) is 8.61. The minimum absolute atomic E-state index is 0.300. The Kier molecular flexibility index (Phi) is 5.16. The van der Waals surface area contributed by atoms with Gasteiger partial charge in [-0.3, -0.25) is 4.99 Å². The van der Waals surface area contributed by atoms with E-state index in [0.717, 1.165) is 29.9 Å². The quantitative estimate of drug-likeness (QED) is 0.846. The summed E-state index contributed by atoms with van der Waals surface area (Å²) < 4.78 is 0. The van der Waals surface area contributed by atoms with Gasteiger partial charge in [-0.05, 0) is 49.7 Å². The molecule has 0 amide bonds. The number of piperazine rings is 1. The maximum absolute atomic E-state index is 10.0. The van der Waals surface area contributed by atoms with E-state index < -0.39 is 0 Å². The molecule has 1 aliphatic rings. The molecule has 0 saturated carbocycles. The lowest BCUT2D eigenvalue weighted by Crippen LogP contribution is -3.14. The lowest BCUT2D eigenvalue weighted by atomic mass is 10.1. The van der Waals surface area contributed by atoms with Gasteiger partial charge in [0.05, 0.1) is 38.4 Å². The molecule has 4 heteroatoms. The second kappa shape index (κ2) is 7.49. The number of likely N-dealkylation sites (N-methyl/N-ethyl adjacent to an activating group) is 1. The SMILES string of the molecule is CC[NH+]1CCN(c2ccc(N=Cc3cccc(C)c3O)cc2)CC1. The van der Waals surface area contributed by atoms with Crippen molar-refractivity contribution in [2.45, 2.75) is 13.8 Å². The van der Waals surface area contributed by atoms with Gasteiger partial charge in [0.2, 0.25) is 0 Å². The van der Waals surface area contributed by atoms with Crippen LogP contribution in [0.1, 0.15) is 18.1 Å². The standard InChI is InChI=1S/C20H25N3O/c1-3-22-11-13-23(14-12-22)19-9-7-18(8-10-19)21-15-17-6-4-5-16(2)20(17)24/h4-10,15,24H,3,11-14H2,1-2H3/p+1. The molecule has 0 aromatic heterocycles. The van der Waals surface area contributed by atoms with Crippen LogP contribution in [-0.4, -0.2) is 44.0 Å². The van der Waals surface area contributed by atoms with Crippen molar-refractivity contribution in [3.8, 4) is 5.75 Å². The Balaban J connectivity index is 1.66. The van der Waals surface area contributed by atoms with Crippen molar-refractivity contribution in [2.24, 2.45) is 4.99 Å². The minimum Gasteiger partial charge on any atom is -0.507 e. The Morgan fingerprint density at radius 1 is 1.12 bits per heavy atom. The first-order chi connectivity index (χ1) is 11.7. The predicted molar refractivity (Wildman–Crippen MR) is 100.0 cm³/mol. The number of hydrogen-bond donors (Lipinski definition) is 2. The zero-order chi connectivity index (χ0) is 16.9. The normalized spacial score (nSPS) is 16.0. The number of benzene rings is 2. The summed E-state index contributed by atoms with van der Waals surface area (Å²) in [6, 6.07) is 14.0. The number of rotatable bonds is 4. The van der Waals surface area contributed by atoms with Gasteiger partial charge in [0.15, 0.2) is 0 Å². The third kappa shape index (κ3) is 3.77. The molecule has 126 valence electrons. The van der Waals surface area contributed by atoms with Crippen LogP contribution in [0, 0.1) is 6.92 Å². The average Bonchev–Trinajstić information content (AvgIpc) is 2.63. The summed E-state index contributed by atoms with van der Waals surface area (Å²) in [6.07, 6.45) is 1.72. The van der Waals surface area contributed by atoms with Gasteiger partial charge in [0.1, 0.15) is 5.75 Å². The Hall–Kier alpha value is -2.33. The first-order valence-corrected chi connectivity index (χ1v) is 8.68. The first kappa shape index (κ1) is 16.5. The van der Waals surface area contributed by atoms with Crippen molar-refractivity contribution in [1.82, 2.24) is 0 Å². The number of anilines is 1. The highest BCUT2D eigenvalue weighted by molar-refractivity contribution is 5.86. The lowest BCUT2D eigenvalue weighted by Gasteiger charge is -2.33. The molecule has 1 aliphatic heterocycles. The van der Waals surface area contributed by atoms with Crippen molar-refractivity contribution in [3.05, 3.63) is 53.6 Å². The van der Waals surface area contributed by atoms with E-state index in [2.05, 4.69) is 28.9 Å². The van der Waals surface area contributed by atoms with Crippen LogP contribution in [0.3, 0.4) is 0 Å². The smallest absolute Gasteiger partial charge is 0.127 e. The van der Waals surface area contributed by atoms with Gasteiger partial charge in [-0.1, -0.05) is 12.1 Å². The van der Waals surface area contributed by atoms with Gasteiger partial charge in [0, 0.05) is 17.5 Å². The molecule has 0 atom stereocenters. The topological polar surface area (TPSA) is 40.3 Å². The maximum atomic E-state index is 10.0. The first-order valence-electron chi connectivity index (χ1n) is 8.68. The number of para-hydroxylation sites is 1. The molecule has 0 spiro atoms. The zero-order valence-electron chi connectivity index (χ0n) is 14.5. The molecule has 24 heavy (non-hydrogen) atoms. The van der Waals surface area contributed by atoms with Gasteiger partial charge in [-0.15, -0.1) is 0 Å². The zero-order valence-corrected chi connectivity index (χ0v) is 14.5. The third-order valence-electron chi connectivity index (χ3n) is 4.81. The summed E-state index contributed by atoms with van der Waals surface area (Å²) in [7, 11) is 0. The number of nitrogens with one attached hydrogen (secondary N) is 1. The molecule has 3 rings (SSSR count). The van der Waals surface area contributed by atoms with Crippen LogP contribution in [0.4, 0.5) is 11.4 Å². The second-order valence-corrected chi connectivity index (χ2v) is 6.38. The highest BCUT2D eigenvalue weighted by Crippen LogP contribution is 2.22. The van der Waals surface area contributed by atoms with E-state index in [1.807, 2.05) is 37.3 Å². The molecule has 4 nitrogen and oxygen atoms in total. The third-order valence-corrected chi connectivity index (χ3v) is 4.81. The van der Waals surface area contributed by atoms with E-state index in [0.29, 0.717) is 5.75 Å². The molecule has 2 aromatic carbocycles. The largest absolute Gasteiger partial charge is 0.507 e. The summed E-state index contributed by atoms with van der Waals surface area (Å²) in [6.45, 7) is 10.0.